The molecule has 0 amide bonds. The van der Waals surface area contributed by atoms with E-state index in [0.717, 1.165) is 16.0 Å². The first-order chi connectivity index (χ1) is 8.11. The van der Waals surface area contributed by atoms with E-state index in [9.17, 15) is 4.79 Å². The van der Waals surface area contributed by atoms with Crippen molar-refractivity contribution in [1.82, 2.24) is 4.37 Å². The molecule has 0 radical (unpaired) electrons. The van der Waals surface area contributed by atoms with Crippen molar-refractivity contribution in [2.45, 2.75) is 0 Å². The van der Waals surface area contributed by atoms with Gasteiger partial charge in [-0.3, -0.25) is 9.17 Å². The van der Waals surface area contributed by atoms with E-state index in [2.05, 4.69) is 25.6 Å². The number of hydrogen-bond acceptors (Lipinski definition) is 4. The van der Waals surface area contributed by atoms with Gasteiger partial charge in [0.05, 0.1) is 5.02 Å². The number of benzene rings is 1. The number of nitriles is 1. The van der Waals surface area contributed by atoms with Crippen molar-refractivity contribution in [2.75, 3.05) is 5.32 Å². The second-order valence-corrected chi connectivity index (χ2v) is 5.18. The number of hydrogen-bond donors (Lipinski definition) is 2. The zero-order valence-corrected chi connectivity index (χ0v) is 11.4. The molecular formula is C10H5BrClN3OS. The van der Waals surface area contributed by atoms with Gasteiger partial charge in [0.1, 0.15) is 11.1 Å². The Morgan fingerprint density at radius 2 is 2.29 bits per heavy atom. The van der Waals surface area contributed by atoms with E-state index in [1.54, 1.807) is 18.2 Å². The smallest absolute Gasteiger partial charge is 0.278 e. The van der Waals surface area contributed by atoms with Crippen LogP contribution < -0.4 is 10.9 Å². The van der Waals surface area contributed by atoms with Gasteiger partial charge in [-0.1, -0.05) is 11.6 Å². The Balaban J connectivity index is 2.35. The summed E-state index contributed by atoms with van der Waals surface area (Å²) < 4.78 is 3.28. The number of halogens is 2. The monoisotopic (exact) mass is 329 g/mol. The van der Waals surface area contributed by atoms with Crippen molar-refractivity contribution < 1.29 is 0 Å². The normalized spacial score (nSPS) is 9.94. The van der Waals surface area contributed by atoms with Gasteiger partial charge in [-0.15, -0.1) is 0 Å². The van der Waals surface area contributed by atoms with Gasteiger partial charge in [0.2, 0.25) is 0 Å². The van der Waals surface area contributed by atoms with Gasteiger partial charge in [-0.2, -0.15) is 5.26 Å². The quantitative estimate of drug-likeness (QED) is 0.886. The summed E-state index contributed by atoms with van der Waals surface area (Å²) in [5.41, 5.74) is 0.405. The molecule has 17 heavy (non-hydrogen) atoms. The Morgan fingerprint density at radius 1 is 1.53 bits per heavy atom. The van der Waals surface area contributed by atoms with Crippen molar-refractivity contribution in [1.29, 1.82) is 5.26 Å². The minimum Gasteiger partial charge on any atom is -0.345 e. The van der Waals surface area contributed by atoms with Gasteiger partial charge in [0.15, 0.2) is 5.56 Å². The average molecular weight is 331 g/mol. The molecule has 0 unspecified atom stereocenters. The first-order valence-corrected chi connectivity index (χ1v) is 6.44. The van der Waals surface area contributed by atoms with Crippen molar-refractivity contribution in [3.8, 4) is 6.07 Å². The SMILES string of the molecule is N#Cc1c(Nc2ccc(Br)c(Cl)c2)s[nH]c1=O. The van der Waals surface area contributed by atoms with Crippen LogP contribution in [0.5, 0.6) is 0 Å². The maximum absolute atomic E-state index is 11.2. The first kappa shape index (κ1) is 12.2. The lowest BCUT2D eigenvalue weighted by molar-refractivity contribution is 1.38. The molecule has 86 valence electrons. The van der Waals surface area contributed by atoms with Gasteiger partial charge in [0, 0.05) is 10.2 Å². The fourth-order valence-electron chi connectivity index (χ4n) is 1.20. The molecule has 2 aromatic rings. The second kappa shape index (κ2) is 4.92. The third-order valence-electron chi connectivity index (χ3n) is 1.99. The summed E-state index contributed by atoms with van der Waals surface area (Å²) in [4.78, 5) is 11.2. The molecule has 2 rings (SSSR count). The van der Waals surface area contributed by atoms with Crippen molar-refractivity contribution in [3.63, 3.8) is 0 Å². The Hall–Kier alpha value is -1.29. The fraction of sp³-hybridized carbons (Fsp3) is 0. The topological polar surface area (TPSA) is 68.7 Å². The summed E-state index contributed by atoms with van der Waals surface area (Å²) in [5.74, 6) is 0. The molecular weight excluding hydrogens is 326 g/mol. The minimum atomic E-state index is -0.386. The van der Waals surface area contributed by atoms with Crippen LogP contribution in [0.4, 0.5) is 10.7 Å². The molecule has 0 aliphatic heterocycles. The van der Waals surface area contributed by atoms with E-state index < -0.39 is 0 Å². The zero-order chi connectivity index (χ0) is 12.4. The molecule has 0 fully saturated rings. The molecule has 4 nitrogen and oxygen atoms in total. The molecule has 0 saturated heterocycles. The zero-order valence-electron chi connectivity index (χ0n) is 8.25. The molecule has 1 aromatic heterocycles. The van der Waals surface area contributed by atoms with Crippen molar-refractivity contribution in [2.24, 2.45) is 0 Å². The molecule has 0 spiro atoms. The summed E-state index contributed by atoms with van der Waals surface area (Å²) in [6, 6.07) is 7.13. The molecule has 2 N–H and O–H groups in total. The third kappa shape index (κ3) is 2.52. The van der Waals surface area contributed by atoms with Crippen LogP contribution in [0.25, 0.3) is 0 Å². The van der Waals surface area contributed by atoms with Crippen LogP contribution >= 0.6 is 39.1 Å². The van der Waals surface area contributed by atoms with E-state index in [1.165, 1.54) is 0 Å². The predicted molar refractivity (Wildman–Crippen MR) is 72.1 cm³/mol. The molecule has 1 heterocycles. The van der Waals surface area contributed by atoms with Gasteiger partial charge < -0.3 is 5.32 Å². The molecule has 0 aliphatic carbocycles. The maximum atomic E-state index is 11.2. The van der Waals surface area contributed by atoms with Gasteiger partial charge in [0.25, 0.3) is 5.56 Å². The highest BCUT2D eigenvalue weighted by Gasteiger charge is 2.10. The van der Waals surface area contributed by atoms with E-state index in [-0.39, 0.29) is 11.1 Å². The van der Waals surface area contributed by atoms with Gasteiger partial charge in [-0.25, -0.2) is 0 Å². The number of rotatable bonds is 2. The average Bonchev–Trinajstić information content (AvgIpc) is 2.64. The maximum Gasteiger partial charge on any atom is 0.278 e. The van der Waals surface area contributed by atoms with Crippen LogP contribution in [-0.2, 0) is 0 Å². The number of aromatic nitrogens is 1. The fourth-order valence-corrected chi connectivity index (χ4v) is 2.33. The summed E-state index contributed by atoms with van der Waals surface area (Å²) in [7, 11) is 0. The third-order valence-corrected chi connectivity index (χ3v) is 4.02. The van der Waals surface area contributed by atoms with Crippen LogP contribution in [0, 0.1) is 11.3 Å². The largest absolute Gasteiger partial charge is 0.345 e. The lowest BCUT2D eigenvalue weighted by Crippen LogP contribution is -2.02. The summed E-state index contributed by atoms with van der Waals surface area (Å²) in [6.45, 7) is 0. The van der Waals surface area contributed by atoms with Gasteiger partial charge in [-0.05, 0) is 45.7 Å². The molecule has 7 heteroatoms. The predicted octanol–water partition coefficient (Wildman–Crippen LogP) is 3.47. The highest BCUT2D eigenvalue weighted by molar-refractivity contribution is 9.10. The Labute approximate surface area is 114 Å². The minimum absolute atomic E-state index is 0.0778. The standard InChI is InChI=1S/C10H5BrClN3OS/c11-7-2-1-5(3-8(7)12)14-10-6(4-13)9(16)15-17-10/h1-3,14H,(H,15,16). The molecule has 0 atom stereocenters. The number of aromatic amines is 1. The molecule has 0 aliphatic rings. The number of anilines is 2. The van der Waals surface area contributed by atoms with Crippen LogP contribution in [0.15, 0.2) is 27.5 Å². The summed E-state index contributed by atoms with van der Waals surface area (Å²) in [5, 5.41) is 12.8. The summed E-state index contributed by atoms with van der Waals surface area (Å²) >= 11 is 10.3. The highest BCUT2D eigenvalue weighted by Crippen LogP contribution is 2.28. The van der Waals surface area contributed by atoms with E-state index in [0.29, 0.717) is 15.7 Å². The van der Waals surface area contributed by atoms with Crippen LogP contribution in [-0.4, -0.2) is 4.37 Å². The van der Waals surface area contributed by atoms with Crippen molar-refractivity contribution >= 4 is 49.8 Å². The lowest BCUT2D eigenvalue weighted by Gasteiger charge is -2.04. The first-order valence-electron chi connectivity index (χ1n) is 4.45. The lowest BCUT2D eigenvalue weighted by atomic mass is 10.3. The van der Waals surface area contributed by atoms with E-state index in [4.69, 9.17) is 16.9 Å². The van der Waals surface area contributed by atoms with Crippen LogP contribution in [0.1, 0.15) is 5.56 Å². The molecule has 1 aromatic carbocycles. The van der Waals surface area contributed by atoms with Crippen LogP contribution in [0.3, 0.4) is 0 Å². The number of nitrogens with zero attached hydrogens (tertiary/aromatic N) is 1. The van der Waals surface area contributed by atoms with Gasteiger partial charge >= 0.3 is 0 Å². The Kier molecular flexibility index (Phi) is 3.52. The Morgan fingerprint density at radius 3 is 2.94 bits per heavy atom. The van der Waals surface area contributed by atoms with E-state index >= 15 is 0 Å². The van der Waals surface area contributed by atoms with Crippen LogP contribution in [0.2, 0.25) is 5.02 Å². The second-order valence-electron chi connectivity index (χ2n) is 3.10. The summed E-state index contributed by atoms with van der Waals surface area (Å²) in [6.07, 6.45) is 0. The highest BCUT2D eigenvalue weighted by atomic mass is 79.9. The van der Waals surface area contributed by atoms with Crippen molar-refractivity contribution in [3.05, 3.63) is 43.6 Å². The Bertz CT molecular complexity index is 658. The molecule has 0 saturated carbocycles. The number of nitrogens with one attached hydrogen (secondary N) is 2. The van der Waals surface area contributed by atoms with E-state index in [1.807, 2.05) is 6.07 Å². The molecule has 0 bridgehead atoms. The number of H-pyrrole nitrogens is 1.